The number of fused-ring (bicyclic) bond motifs is 3. The summed E-state index contributed by atoms with van der Waals surface area (Å²) in [6.07, 6.45) is 9.25. The molecule has 0 spiro atoms. The average molecular weight is 418 g/mol. The highest BCUT2D eigenvalue weighted by Gasteiger charge is 2.39. The molecule has 2 bridgehead atoms. The van der Waals surface area contributed by atoms with Crippen molar-refractivity contribution in [3.8, 4) is 0 Å². The second-order valence-electron chi connectivity index (χ2n) is 9.78. The van der Waals surface area contributed by atoms with Crippen LogP contribution in [0.15, 0.2) is 18.2 Å². The first-order valence-electron chi connectivity index (χ1n) is 11.2. The predicted octanol–water partition coefficient (Wildman–Crippen LogP) is 4.72. The number of carbonyl (C=O) groups excluding carboxylic acids is 1. The monoisotopic (exact) mass is 417 g/mol. The van der Waals surface area contributed by atoms with Crippen molar-refractivity contribution in [2.75, 3.05) is 37.6 Å². The first-order valence-corrected chi connectivity index (χ1v) is 11.5. The zero-order chi connectivity index (χ0) is 19.1. The van der Waals surface area contributed by atoms with E-state index in [0.29, 0.717) is 16.0 Å². The summed E-state index contributed by atoms with van der Waals surface area (Å²) in [5.74, 6) is 2.35. The van der Waals surface area contributed by atoms with E-state index in [0.717, 1.165) is 56.2 Å². The summed E-state index contributed by atoms with van der Waals surface area (Å²) in [6.45, 7) is 5.19. The van der Waals surface area contributed by atoms with Gasteiger partial charge in [0, 0.05) is 38.4 Å². The van der Waals surface area contributed by atoms with Crippen molar-refractivity contribution in [2.24, 2.45) is 23.2 Å². The molecule has 2 aliphatic heterocycles. The van der Waals surface area contributed by atoms with Crippen LogP contribution in [0.2, 0.25) is 5.02 Å². The summed E-state index contributed by atoms with van der Waals surface area (Å²) in [5, 5.41) is 7.31. The van der Waals surface area contributed by atoms with Gasteiger partial charge in [-0.3, -0.25) is 4.79 Å². The number of hydrogen-bond donors (Lipinski definition) is 2. The average Bonchev–Trinajstić information content (AvgIpc) is 3.29. The molecular weight excluding hydrogens is 382 g/mol. The fourth-order valence-electron chi connectivity index (χ4n) is 6.38. The molecule has 4 aliphatic rings. The number of anilines is 1. The quantitative estimate of drug-likeness (QED) is 0.744. The van der Waals surface area contributed by atoms with E-state index in [1.165, 1.54) is 44.9 Å². The lowest BCUT2D eigenvalue weighted by molar-refractivity contribution is 0.0682. The van der Waals surface area contributed by atoms with E-state index in [-0.39, 0.29) is 13.3 Å². The minimum atomic E-state index is -0.00465. The van der Waals surface area contributed by atoms with E-state index in [1.807, 2.05) is 12.1 Å². The zero-order valence-electron chi connectivity index (χ0n) is 16.7. The number of benzene rings is 1. The van der Waals surface area contributed by atoms with Gasteiger partial charge in [-0.05, 0) is 60.6 Å². The maximum Gasteiger partial charge on any atom is 0.252 e. The third kappa shape index (κ3) is 4.16. The van der Waals surface area contributed by atoms with Gasteiger partial charge in [0.1, 0.15) is 0 Å². The molecule has 2 aliphatic carbocycles. The van der Waals surface area contributed by atoms with Crippen molar-refractivity contribution in [3.63, 3.8) is 0 Å². The Balaban J connectivity index is 0.00000205. The summed E-state index contributed by atoms with van der Waals surface area (Å²) in [6, 6.07) is 5.97. The lowest BCUT2D eigenvalue weighted by atomic mass is 9.62. The molecule has 29 heavy (non-hydrogen) atoms. The topological polar surface area (TPSA) is 44.4 Å². The molecule has 5 rings (SSSR count). The first kappa shape index (κ1) is 21.0. The maximum absolute atomic E-state index is 13.0. The highest BCUT2D eigenvalue weighted by atomic mass is 35.5. The van der Waals surface area contributed by atoms with E-state index >= 15 is 0 Å². The minimum Gasteiger partial charge on any atom is -0.371 e. The highest BCUT2D eigenvalue weighted by molar-refractivity contribution is 6.34. The Hall–Kier alpha value is -1.26. The third-order valence-electron chi connectivity index (χ3n) is 7.93. The number of amides is 1. The van der Waals surface area contributed by atoms with Crippen LogP contribution in [0.3, 0.4) is 0 Å². The lowest BCUT2D eigenvalue weighted by Gasteiger charge is -2.45. The van der Waals surface area contributed by atoms with E-state index < -0.39 is 0 Å². The molecule has 2 heterocycles. The highest BCUT2D eigenvalue weighted by Crippen LogP contribution is 2.48. The number of hydrogen-bond acceptors (Lipinski definition) is 3. The van der Waals surface area contributed by atoms with Crippen molar-refractivity contribution < 1.29 is 4.79 Å². The van der Waals surface area contributed by atoms with Gasteiger partial charge in [0.05, 0.1) is 10.6 Å². The van der Waals surface area contributed by atoms with Crippen molar-refractivity contribution >= 4 is 23.2 Å². The van der Waals surface area contributed by atoms with Gasteiger partial charge in [-0.1, -0.05) is 44.7 Å². The second-order valence-corrected chi connectivity index (χ2v) is 10.2. The Morgan fingerprint density at radius 3 is 2.55 bits per heavy atom. The number of carbonyl (C=O) groups is 1. The second kappa shape index (κ2) is 8.47. The van der Waals surface area contributed by atoms with E-state index in [2.05, 4.69) is 21.6 Å². The number of halogens is 1. The molecule has 0 aromatic heterocycles. The van der Waals surface area contributed by atoms with Crippen molar-refractivity contribution in [1.29, 1.82) is 0 Å². The standard InChI is InChI=1S/C23H32ClN3O.CH4/c24-21-6-5-19(27-13-17-11-25-12-18(17)14-27)9-20(21)22(28)26-15-23-7-1-3-16(10-23)4-2-8-23;/h5-6,9,16-18,25H,1-4,7-8,10-15H2,(H,26,28);1H4. The SMILES string of the molecule is C.O=C(NCC12CCCC(CCC1)C2)c1cc(N2CC3CNCC3C2)ccc1Cl. The molecule has 160 valence electrons. The summed E-state index contributed by atoms with van der Waals surface area (Å²) in [4.78, 5) is 15.4. The van der Waals surface area contributed by atoms with Crippen LogP contribution in [0.4, 0.5) is 5.69 Å². The van der Waals surface area contributed by atoms with E-state index in [4.69, 9.17) is 11.6 Å². The van der Waals surface area contributed by atoms with Crippen molar-refractivity contribution in [1.82, 2.24) is 10.6 Å². The van der Waals surface area contributed by atoms with Gasteiger partial charge >= 0.3 is 0 Å². The minimum absolute atomic E-state index is 0. The molecule has 2 atom stereocenters. The number of rotatable bonds is 4. The molecular formula is C24H36ClN3O. The van der Waals surface area contributed by atoms with Gasteiger partial charge in [-0.25, -0.2) is 0 Å². The molecule has 2 saturated heterocycles. The van der Waals surface area contributed by atoms with Gasteiger partial charge in [0.25, 0.3) is 5.91 Å². The van der Waals surface area contributed by atoms with Crippen LogP contribution in [0, 0.1) is 23.2 Å². The van der Waals surface area contributed by atoms with Crippen LogP contribution in [0.25, 0.3) is 0 Å². The van der Waals surface area contributed by atoms with Crippen molar-refractivity contribution in [3.05, 3.63) is 28.8 Å². The van der Waals surface area contributed by atoms with E-state index in [1.54, 1.807) is 0 Å². The molecule has 1 aromatic rings. The molecule has 1 amide bonds. The smallest absolute Gasteiger partial charge is 0.252 e. The van der Waals surface area contributed by atoms with Crippen LogP contribution in [-0.2, 0) is 0 Å². The van der Waals surface area contributed by atoms with E-state index in [9.17, 15) is 4.79 Å². The number of nitrogens with zero attached hydrogens (tertiary/aromatic N) is 1. The first-order chi connectivity index (χ1) is 13.6. The fourth-order valence-corrected chi connectivity index (χ4v) is 6.59. The van der Waals surface area contributed by atoms with Crippen molar-refractivity contribution in [2.45, 2.75) is 52.4 Å². The van der Waals surface area contributed by atoms with Gasteiger partial charge in [-0.15, -0.1) is 0 Å². The molecule has 0 radical (unpaired) electrons. The molecule has 2 unspecified atom stereocenters. The van der Waals surface area contributed by atoms with Gasteiger partial charge in [0.15, 0.2) is 0 Å². The van der Waals surface area contributed by atoms with Crippen LogP contribution in [0.5, 0.6) is 0 Å². The normalized spacial score (nSPS) is 33.1. The molecule has 2 saturated carbocycles. The summed E-state index contributed by atoms with van der Waals surface area (Å²) in [5.41, 5.74) is 2.10. The molecule has 2 N–H and O–H groups in total. The predicted molar refractivity (Wildman–Crippen MR) is 121 cm³/mol. The number of nitrogens with one attached hydrogen (secondary N) is 2. The molecule has 1 aromatic carbocycles. The van der Waals surface area contributed by atoms with Gasteiger partial charge < -0.3 is 15.5 Å². The molecule has 5 heteroatoms. The van der Waals surface area contributed by atoms with Crippen LogP contribution < -0.4 is 15.5 Å². The Labute approximate surface area is 180 Å². The Kier molecular flexibility index (Phi) is 6.13. The summed E-state index contributed by atoms with van der Waals surface area (Å²) < 4.78 is 0. The van der Waals surface area contributed by atoms with Crippen LogP contribution >= 0.6 is 11.6 Å². The van der Waals surface area contributed by atoms with Crippen LogP contribution in [0.1, 0.15) is 62.7 Å². The van der Waals surface area contributed by atoms with Crippen LogP contribution in [-0.4, -0.2) is 38.6 Å². The molecule has 4 nitrogen and oxygen atoms in total. The van der Waals surface area contributed by atoms with Gasteiger partial charge in [0.2, 0.25) is 0 Å². The summed E-state index contributed by atoms with van der Waals surface area (Å²) in [7, 11) is 0. The maximum atomic E-state index is 13.0. The molecule has 4 fully saturated rings. The Morgan fingerprint density at radius 2 is 1.86 bits per heavy atom. The zero-order valence-corrected chi connectivity index (χ0v) is 17.4. The fraction of sp³-hybridized carbons (Fsp3) is 0.708. The lowest BCUT2D eigenvalue weighted by Crippen LogP contribution is -2.43. The Bertz CT molecular complexity index is 730. The third-order valence-corrected chi connectivity index (χ3v) is 8.26. The summed E-state index contributed by atoms with van der Waals surface area (Å²) >= 11 is 6.43. The Morgan fingerprint density at radius 1 is 1.17 bits per heavy atom. The largest absolute Gasteiger partial charge is 0.371 e. The van der Waals surface area contributed by atoms with Gasteiger partial charge in [-0.2, -0.15) is 0 Å².